The lowest BCUT2D eigenvalue weighted by molar-refractivity contribution is 0.742. The van der Waals surface area contributed by atoms with Crippen LogP contribution in [0.4, 0.5) is 0 Å². The molecule has 2 N–H and O–H groups in total. The van der Waals surface area contributed by atoms with Gasteiger partial charge in [0.2, 0.25) is 0 Å². The van der Waals surface area contributed by atoms with E-state index in [9.17, 15) is 0 Å². The van der Waals surface area contributed by atoms with Crippen molar-refractivity contribution in [3.63, 3.8) is 0 Å². The van der Waals surface area contributed by atoms with E-state index in [4.69, 9.17) is 5.73 Å². The summed E-state index contributed by atoms with van der Waals surface area (Å²) in [5.41, 5.74) is 8.63. The molecule has 0 saturated heterocycles. The van der Waals surface area contributed by atoms with Gasteiger partial charge in [-0.3, -0.25) is 0 Å². The van der Waals surface area contributed by atoms with E-state index in [0.717, 1.165) is 29.8 Å². The fourth-order valence-electron chi connectivity index (χ4n) is 1.64. The summed E-state index contributed by atoms with van der Waals surface area (Å²) in [4.78, 5) is 8.57. The van der Waals surface area contributed by atoms with E-state index in [1.807, 2.05) is 0 Å². The highest BCUT2D eigenvalue weighted by Crippen LogP contribution is 2.10. The number of hydrogen-bond donors (Lipinski definition) is 1. The van der Waals surface area contributed by atoms with Gasteiger partial charge in [-0.2, -0.15) is 5.10 Å². The van der Waals surface area contributed by atoms with Gasteiger partial charge >= 0.3 is 0 Å². The molecule has 0 saturated carbocycles. The molecule has 5 nitrogen and oxygen atoms in total. The van der Waals surface area contributed by atoms with Crippen molar-refractivity contribution < 1.29 is 0 Å². The predicted octanol–water partition coefficient (Wildman–Crippen LogP) is 1.25. The summed E-state index contributed by atoms with van der Waals surface area (Å²) in [5.74, 6) is 0.610. The van der Waals surface area contributed by atoms with Crippen LogP contribution in [0.2, 0.25) is 0 Å². The van der Waals surface area contributed by atoms with Crippen molar-refractivity contribution in [1.29, 1.82) is 0 Å². The zero-order chi connectivity index (χ0) is 12.3. The number of rotatable bonds is 4. The molecule has 0 aromatic carbocycles. The molecular formula is C12H17N5. The third-order valence-electron chi connectivity index (χ3n) is 2.68. The van der Waals surface area contributed by atoms with Gasteiger partial charge in [0.15, 0.2) is 0 Å². The maximum Gasteiger partial charge on any atom is 0.250 e. The van der Waals surface area contributed by atoms with Gasteiger partial charge < -0.3 is 5.73 Å². The summed E-state index contributed by atoms with van der Waals surface area (Å²) in [7, 11) is 0. The minimum atomic E-state index is 0.459. The average molecular weight is 231 g/mol. The third kappa shape index (κ3) is 2.34. The first-order valence-electron chi connectivity index (χ1n) is 5.87. The van der Waals surface area contributed by atoms with E-state index in [-0.39, 0.29) is 0 Å². The second kappa shape index (κ2) is 5.05. The van der Waals surface area contributed by atoms with Crippen LogP contribution in [-0.2, 0) is 19.4 Å². The Bertz CT molecular complexity index is 486. The molecule has 0 unspecified atom stereocenters. The highest BCUT2D eigenvalue weighted by atomic mass is 15.4. The fourth-order valence-corrected chi connectivity index (χ4v) is 1.64. The van der Waals surface area contributed by atoms with E-state index in [0.29, 0.717) is 12.5 Å². The summed E-state index contributed by atoms with van der Waals surface area (Å²) in [6.07, 6.45) is 5.32. The van der Waals surface area contributed by atoms with Gasteiger partial charge in [0, 0.05) is 30.2 Å². The summed E-state index contributed by atoms with van der Waals surface area (Å²) >= 11 is 0. The van der Waals surface area contributed by atoms with Crippen molar-refractivity contribution in [3.8, 4) is 5.95 Å². The molecule has 0 aliphatic carbocycles. The van der Waals surface area contributed by atoms with E-state index in [1.54, 1.807) is 17.1 Å². The molecule has 0 spiro atoms. The number of nitrogens with two attached hydrogens (primary N) is 1. The SMILES string of the molecule is CCc1cc(CC)n(-c2ncc(CN)cn2)n1. The smallest absolute Gasteiger partial charge is 0.250 e. The highest BCUT2D eigenvalue weighted by molar-refractivity contribution is 5.21. The topological polar surface area (TPSA) is 69.6 Å². The van der Waals surface area contributed by atoms with Crippen LogP contribution >= 0.6 is 0 Å². The Balaban J connectivity index is 2.40. The molecule has 2 aromatic rings. The normalized spacial score (nSPS) is 10.8. The minimum Gasteiger partial charge on any atom is -0.326 e. The van der Waals surface area contributed by atoms with Gasteiger partial charge in [-0.25, -0.2) is 14.6 Å². The van der Waals surface area contributed by atoms with Crippen molar-refractivity contribution in [2.45, 2.75) is 33.2 Å². The predicted molar refractivity (Wildman–Crippen MR) is 65.8 cm³/mol. The zero-order valence-electron chi connectivity index (χ0n) is 10.2. The zero-order valence-corrected chi connectivity index (χ0v) is 10.2. The van der Waals surface area contributed by atoms with Crippen LogP contribution in [0.15, 0.2) is 18.5 Å². The third-order valence-corrected chi connectivity index (χ3v) is 2.68. The van der Waals surface area contributed by atoms with Crippen LogP contribution in [0.25, 0.3) is 5.95 Å². The molecule has 0 aliphatic heterocycles. The van der Waals surface area contributed by atoms with Gasteiger partial charge in [-0.05, 0) is 18.9 Å². The molecule has 17 heavy (non-hydrogen) atoms. The Hall–Kier alpha value is -1.75. The lowest BCUT2D eigenvalue weighted by Gasteiger charge is -2.03. The maximum atomic E-state index is 5.52. The monoisotopic (exact) mass is 231 g/mol. The lowest BCUT2D eigenvalue weighted by atomic mass is 10.3. The number of aromatic nitrogens is 4. The molecular weight excluding hydrogens is 214 g/mol. The van der Waals surface area contributed by atoms with Crippen molar-refractivity contribution in [3.05, 3.63) is 35.4 Å². The molecule has 2 rings (SSSR count). The fraction of sp³-hybridized carbons (Fsp3) is 0.417. The Labute approximate surface area is 101 Å². The van der Waals surface area contributed by atoms with Crippen LogP contribution in [0, 0.1) is 0 Å². The standard InChI is InChI=1S/C12H17N5/c1-3-10-5-11(4-2)17(16-10)12-14-7-9(6-13)8-15-12/h5,7-8H,3-4,6,13H2,1-2H3. The van der Waals surface area contributed by atoms with Gasteiger partial charge in [-0.15, -0.1) is 0 Å². The van der Waals surface area contributed by atoms with Gasteiger partial charge in [-0.1, -0.05) is 13.8 Å². The molecule has 0 bridgehead atoms. The Morgan fingerprint density at radius 2 is 1.88 bits per heavy atom. The molecule has 0 aliphatic rings. The van der Waals surface area contributed by atoms with Crippen molar-refractivity contribution in [1.82, 2.24) is 19.7 Å². The molecule has 5 heteroatoms. The first-order chi connectivity index (χ1) is 8.28. The highest BCUT2D eigenvalue weighted by Gasteiger charge is 2.09. The van der Waals surface area contributed by atoms with Crippen molar-refractivity contribution in [2.24, 2.45) is 5.73 Å². The second-order valence-electron chi connectivity index (χ2n) is 3.84. The Kier molecular flexibility index (Phi) is 3.49. The molecule has 90 valence electrons. The van der Waals surface area contributed by atoms with Crippen LogP contribution in [0.3, 0.4) is 0 Å². The summed E-state index contributed by atoms with van der Waals surface area (Å²) < 4.78 is 1.80. The number of hydrogen-bond acceptors (Lipinski definition) is 4. The van der Waals surface area contributed by atoms with Crippen LogP contribution in [-0.4, -0.2) is 19.7 Å². The quantitative estimate of drug-likeness (QED) is 0.859. The van der Waals surface area contributed by atoms with Gasteiger partial charge in [0.1, 0.15) is 0 Å². The first-order valence-corrected chi connectivity index (χ1v) is 5.87. The second-order valence-corrected chi connectivity index (χ2v) is 3.84. The van der Waals surface area contributed by atoms with E-state index < -0.39 is 0 Å². The van der Waals surface area contributed by atoms with Crippen LogP contribution < -0.4 is 5.73 Å². The van der Waals surface area contributed by atoms with Gasteiger partial charge in [0.05, 0.1) is 5.69 Å². The molecule has 0 fully saturated rings. The minimum absolute atomic E-state index is 0.459. The van der Waals surface area contributed by atoms with Crippen LogP contribution in [0.5, 0.6) is 0 Å². The summed E-state index contributed by atoms with van der Waals surface area (Å²) in [5, 5.41) is 4.49. The molecule has 2 heterocycles. The average Bonchev–Trinajstić information content (AvgIpc) is 2.82. The van der Waals surface area contributed by atoms with Crippen molar-refractivity contribution >= 4 is 0 Å². The molecule has 2 aromatic heterocycles. The molecule has 0 radical (unpaired) electrons. The van der Waals surface area contributed by atoms with E-state index in [2.05, 4.69) is 35.0 Å². The van der Waals surface area contributed by atoms with E-state index in [1.165, 1.54) is 0 Å². The number of nitrogens with zero attached hydrogens (tertiary/aromatic N) is 4. The Morgan fingerprint density at radius 1 is 1.18 bits per heavy atom. The summed E-state index contributed by atoms with van der Waals surface area (Å²) in [6.45, 7) is 4.64. The first kappa shape index (κ1) is 11.7. The lowest BCUT2D eigenvalue weighted by Crippen LogP contribution is -2.08. The maximum absolute atomic E-state index is 5.52. The molecule has 0 amide bonds. The van der Waals surface area contributed by atoms with Crippen molar-refractivity contribution in [2.75, 3.05) is 0 Å². The molecule has 0 atom stereocenters. The summed E-state index contributed by atoms with van der Waals surface area (Å²) in [6, 6.07) is 2.10. The Morgan fingerprint density at radius 3 is 2.41 bits per heavy atom. The van der Waals surface area contributed by atoms with Gasteiger partial charge in [0.25, 0.3) is 5.95 Å². The van der Waals surface area contributed by atoms with E-state index >= 15 is 0 Å². The largest absolute Gasteiger partial charge is 0.326 e. The number of aryl methyl sites for hydroxylation is 2. The van der Waals surface area contributed by atoms with Crippen LogP contribution in [0.1, 0.15) is 30.8 Å².